The highest BCUT2D eigenvalue weighted by atomic mass is 16.1. The van der Waals surface area contributed by atoms with Gasteiger partial charge in [-0.25, -0.2) is 0 Å². The highest BCUT2D eigenvalue weighted by Gasteiger charge is 2.21. The lowest BCUT2D eigenvalue weighted by Crippen LogP contribution is -2.28. The molecular weight excluding hydrogens is 448 g/mol. The Labute approximate surface area is 216 Å². The molecule has 2 aliphatic carbocycles. The lowest BCUT2D eigenvalue weighted by atomic mass is 9.91. The van der Waals surface area contributed by atoms with E-state index < -0.39 is 0 Å². The predicted octanol–water partition coefficient (Wildman–Crippen LogP) is 5.60. The van der Waals surface area contributed by atoms with E-state index in [0.717, 1.165) is 50.2 Å². The third kappa shape index (κ3) is 8.17. The van der Waals surface area contributed by atoms with E-state index in [-0.39, 0.29) is 11.1 Å². The molecule has 2 aromatic rings. The first-order valence-corrected chi connectivity index (χ1v) is 14.6. The Morgan fingerprint density at radius 3 is 1.39 bits per heavy atom. The summed E-state index contributed by atoms with van der Waals surface area (Å²) in [5.41, 5.74) is 4.91. The van der Waals surface area contributed by atoms with E-state index in [1.165, 1.54) is 88.2 Å². The molecule has 4 rings (SSSR count). The van der Waals surface area contributed by atoms with Crippen molar-refractivity contribution in [3.8, 4) is 0 Å². The van der Waals surface area contributed by atoms with E-state index >= 15 is 0 Å². The van der Waals surface area contributed by atoms with Crippen LogP contribution in [0.1, 0.15) is 124 Å². The number of H-pyrrole nitrogens is 2. The monoisotopic (exact) mass is 494 g/mol. The van der Waals surface area contributed by atoms with Gasteiger partial charge in [-0.2, -0.15) is 0 Å². The Hall–Kier alpha value is -2.18. The molecule has 36 heavy (non-hydrogen) atoms. The number of aromatic nitrogens is 2. The molecule has 198 valence electrons. The largest absolute Gasteiger partial charge is 0.326 e. The molecule has 0 bridgehead atoms. The van der Waals surface area contributed by atoms with Gasteiger partial charge in [0.15, 0.2) is 0 Å². The quantitative estimate of drug-likeness (QED) is 0.243. The molecule has 0 amide bonds. The van der Waals surface area contributed by atoms with Crippen LogP contribution in [0.2, 0.25) is 0 Å². The minimum atomic E-state index is 0.0212. The van der Waals surface area contributed by atoms with Crippen LogP contribution in [0.4, 0.5) is 0 Å². The summed E-state index contributed by atoms with van der Waals surface area (Å²) in [6.07, 6.45) is 19.9. The second-order valence-corrected chi connectivity index (χ2v) is 10.8. The summed E-state index contributed by atoms with van der Waals surface area (Å²) in [6, 6.07) is 8.17. The second kappa shape index (κ2) is 14.5. The van der Waals surface area contributed by atoms with Gasteiger partial charge in [-0.05, 0) is 75.6 Å². The predicted molar refractivity (Wildman–Crippen MR) is 148 cm³/mol. The molecule has 6 heteroatoms. The fourth-order valence-corrected chi connectivity index (χ4v) is 6.04. The fourth-order valence-electron chi connectivity index (χ4n) is 6.04. The fraction of sp³-hybridized carbons (Fsp3) is 0.667. The van der Waals surface area contributed by atoms with E-state index in [9.17, 15) is 9.59 Å². The van der Waals surface area contributed by atoms with Crippen molar-refractivity contribution in [3.05, 3.63) is 67.5 Å². The summed E-state index contributed by atoms with van der Waals surface area (Å²) in [6.45, 7) is 2.14. The van der Waals surface area contributed by atoms with Crippen LogP contribution in [-0.4, -0.2) is 23.1 Å². The zero-order chi connectivity index (χ0) is 25.0. The zero-order valence-electron chi connectivity index (χ0n) is 22.0. The Morgan fingerprint density at radius 2 is 0.972 bits per heavy atom. The van der Waals surface area contributed by atoms with Crippen molar-refractivity contribution in [1.82, 2.24) is 20.6 Å². The van der Waals surface area contributed by atoms with Crippen LogP contribution in [-0.2, 0) is 12.8 Å². The summed E-state index contributed by atoms with van der Waals surface area (Å²) in [4.78, 5) is 29.1. The topological polar surface area (TPSA) is 89.8 Å². The smallest absolute Gasteiger partial charge is 0.248 e. The number of rotatable bonds is 15. The average molecular weight is 495 g/mol. The second-order valence-electron chi connectivity index (χ2n) is 10.8. The Morgan fingerprint density at radius 1 is 0.583 bits per heavy atom. The van der Waals surface area contributed by atoms with E-state index in [1.807, 2.05) is 12.1 Å². The molecule has 0 spiro atoms. The molecule has 0 aliphatic heterocycles. The van der Waals surface area contributed by atoms with Gasteiger partial charge in [-0.1, -0.05) is 63.5 Å². The molecule has 2 atom stereocenters. The number of hydrogen-bond donors (Lipinski definition) is 4. The summed E-state index contributed by atoms with van der Waals surface area (Å²) < 4.78 is 0. The SMILES string of the molecule is O=c1ccc2c([nH]1)CCCC2NCCCCCCCCCCCCNC1CCCc2[nH]c(=O)ccc21. The van der Waals surface area contributed by atoms with Gasteiger partial charge in [-0.15, -0.1) is 0 Å². The summed E-state index contributed by atoms with van der Waals surface area (Å²) >= 11 is 0. The number of nitrogens with one attached hydrogen (secondary N) is 4. The van der Waals surface area contributed by atoms with Gasteiger partial charge in [0.2, 0.25) is 11.1 Å². The summed E-state index contributed by atoms with van der Waals surface area (Å²) in [5, 5.41) is 7.44. The summed E-state index contributed by atoms with van der Waals surface area (Å²) in [7, 11) is 0. The van der Waals surface area contributed by atoms with E-state index in [4.69, 9.17) is 0 Å². The van der Waals surface area contributed by atoms with Crippen molar-refractivity contribution in [2.45, 2.75) is 115 Å². The standard InChI is InChI=1S/C30H46N4O2/c35-29-19-17-23-25(13-11-15-27(23)33-29)31-21-9-7-5-3-1-2-4-6-8-10-22-32-26-14-12-16-28-24(26)18-20-30(36)34-28/h17-20,25-26,31-32H,1-16,21-22H2,(H,33,35)(H,34,36). The molecule has 4 N–H and O–H groups in total. The molecule has 0 aromatic carbocycles. The Bertz CT molecular complexity index is 960. The first kappa shape index (κ1) is 26.9. The molecule has 0 saturated heterocycles. The molecule has 2 aromatic heterocycles. The number of aryl methyl sites for hydroxylation is 2. The van der Waals surface area contributed by atoms with Crippen molar-refractivity contribution in [2.24, 2.45) is 0 Å². The van der Waals surface area contributed by atoms with Crippen molar-refractivity contribution < 1.29 is 0 Å². The van der Waals surface area contributed by atoms with Gasteiger partial charge in [-0.3, -0.25) is 9.59 Å². The lowest BCUT2D eigenvalue weighted by molar-refractivity contribution is 0.440. The van der Waals surface area contributed by atoms with Crippen LogP contribution in [0.25, 0.3) is 0 Å². The van der Waals surface area contributed by atoms with Gasteiger partial charge in [0.25, 0.3) is 0 Å². The van der Waals surface area contributed by atoms with Gasteiger partial charge in [0.05, 0.1) is 0 Å². The van der Waals surface area contributed by atoms with Crippen molar-refractivity contribution >= 4 is 0 Å². The van der Waals surface area contributed by atoms with Crippen LogP contribution in [0.15, 0.2) is 33.9 Å². The molecule has 0 radical (unpaired) electrons. The first-order valence-electron chi connectivity index (χ1n) is 14.6. The maximum Gasteiger partial charge on any atom is 0.248 e. The molecule has 2 unspecified atom stereocenters. The Kier molecular flexibility index (Phi) is 10.8. The molecular formula is C30H46N4O2. The maximum atomic E-state index is 11.5. The van der Waals surface area contributed by atoms with E-state index in [0.29, 0.717) is 12.1 Å². The van der Waals surface area contributed by atoms with Crippen LogP contribution >= 0.6 is 0 Å². The van der Waals surface area contributed by atoms with Gasteiger partial charge in [0, 0.05) is 35.6 Å². The third-order valence-electron chi connectivity index (χ3n) is 8.05. The third-order valence-corrected chi connectivity index (χ3v) is 8.05. The highest BCUT2D eigenvalue weighted by Crippen LogP contribution is 2.28. The zero-order valence-corrected chi connectivity index (χ0v) is 22.0. The normalized spacial score (nSPS) is 19.1. The number of hydrogen-bond acceptors (Lipinski definition) is 4. The lowest BCUT2D eigenvalue weighted by Gasteiger charge is -2.26. The number of unbranched alkanes of at least 4 members (excludes halogenated alkanes) is 9. The summed E-state index contributed by atoms with van der Waals surface area (Å²) in [5.74, 6) is 0. The molecule has 6 nitrogen and oxygen atoms in total. The molecule has 2 aliphatic rings. The van der Waals surface area contributed by atoms with Crippen molar-refractivity contribution in [2.75, 3.05) is 13.1 Å². The highest BCUT2D eigenvalue weighted by molar-refractivity contribution is 5.27. The molecule has 0 saturated carbocycles. The van der Waals surface area contributed by atoms with Gasteiger partial charge in [0.1, 0.15) is 0 Å². The minimum Gasteiger partial charge on any atom is -0.326 e. The van der Waals surface area contributed by atoms with Gasteiger partial charge < -0.3 is 20.6 Å². The molecule has 0 fully saturated rings. The van der Waals surface area contributed by atoms with Crippen LogP contribution in [0.3, 0.4) is 0 Å². The minimum absolute atomic E-state index is 0.0212. The first-order chi connectivity index (χ1) is 17.7. The van der Waals surface area contributed by atoms with Crippen molar-refractivity contribution in [3.63, 3.8) is 0 Å². The van der Waals surface area contributed by atoms with Crippen molar-refractivity contribution in [1.29, 1.82) is 0 Å². The van der Waals surface area contributed by atoms with E-state index in [1.54, 1.807) is 12.1 Å². The average Bonchev–Trinajstić information content (AvgIpc) is 2.88. The van der Waals surface area contributed by atoms with Gasteiger partial charge >= 0.3 is 0 Å². The van der Waals surface area contributed by atoms with Crippen LogP contribution < -0.4 is 21.8 Å². The van der Waals surface area contributed by atoms with Crippen LogP contribution in [0.5, 0.6) is 0 Å². The molecule has 2 heterocycles. The number of aromatic amines is 2. The Balaban J connectivity index is 0.953. The number of pyridine rings is 2. The van der Waals surface area contributed by atoms with E-state index in [2.05, 4.69) is 20.6 Å². The van der Waals surface area contributed by atoms with Crippen LogP contribution in [0, 0.1) is 0 Å². The maximum absolute atomic E-state index is 11.5. The number of fused-ring (bicyclic) bond motifs is 2.